The molecule has 0 saturated heterocycles. The molecule has 19 heavy (non-hydrogen) atoms. The quantitative estimate of drug-likeness (QED) is 0.667. The average Bonchev–Trinajstić information content (AvgIpc) is 2.39. The van der Waals surface area contributed by atoms with Gasteiger partial charge in [-0.25, -0.2) is 14.8 Å². The van der Waals surface area contributed by atoms with Crippen molar-refractivity contribution in [2.75, 3.05) is 0 Å². The largest absolute Gasteiger partial charge is 0.477 e. The van der Waals surface area contributed by atoms with Crippen LogP contribution in [0.3, 0.4) is 0 Å². The average molecular weight is 259 g/mol. The van der Waals surface area contributed by atoms with Crippen LogP contribution in [0.25, 0.3) is 11.4 Å². The van der Waals surface area contributed by atoms with Crippen LogP contribution in [0.4, 0.5) is 5.69 Å². The molecule has 7 heteroatoms. The minimum atomic E-state index is -1.19. The molecule has 1 aromatic heterocycles. The number of hydrogen-bond donors (Lipinski definition) is 1. The predicted octanol–water partition coefficient (Wildman–Crippen LogP) is 2.06. The maximum atomic E-state index is 11.0. The maximum Gasteiger partial charge on any atom is 0.354 e. The summed E-state index contributed by atoms with van der Waals surface area (Å²) in [6, 6.07) is 5.92. The number of carboxylic acids is 1. The van der Waals surface area contributed by atoms with E-state index >= 15 is 0 Å². The van der Waals surface area contributed by atoms with Crippen molar-refractivity contribution in [1.29, 1.82) is 0 Å². The lowest BCUT2D eigenvalue weighted by atomic mass is 10.1. The molecule has 0 bridgehead atoms. The minimum absolute atomic E-state index is 0.0234. The van der Waals surface area contributed by atoms with Crippen LogP contribution in [-0.2, 0) is 0 Å². The molecule has 0 radical (unpaired) electrons. The van der Waals surface area contributed by atoms with E-state index in [1.54, 1.807) is 13.0 Å². The molecule has 0 saturated carbocycles. The van der Waals surface area contributed by atoms with Gasteiger partial charge in [0.15, 0.2) is 11.5 Å². The van der Waals surface area contributed by atoms with Gasteiger partial charge < -0.3 is 5.11 Å². The number of benzene rings is 1. The topological polar surface area (TPSA) is 106 Å². The summed E-state index contributed by atoms with van der Waals surface area (Å²) in [5.41, 5.74) is 0.260. The molecule has 1 N–H and O–H groups in total. The van der Waals surface area contributed by atoms with E-state index in [1.165, 1.54) is 24.4 Å². The molecule has 0 atom stereocenters. The number of hydrogen-bond acceptors (Lipinski definition) is 5. The molecule has 0 fully saturated rings. The zero-order valence-corrected chi connectivity index (χ0v) is 9.90. The Hall–Kier alpha value is -2.83. The number of aromatic carboxylic acids is 1. The van der Waals surface area contributed by atoms with E-state index in [-0.39, 0.29) is 22.8 Å². The van der Waals surface area contributed by atoms with Gasteiger partial charge in [-0.1, -0.05) is 12.1 Å². The lowest BCUT2D eigenvalue weighted by Crippen LogP contribution is -2.06. The highest BCUT2D eigenvalue weighted by molar-refractivity contribution is 5.87. The second kappa shape index (κ2) is 4.81. The zero-order valence-electron chi connectivity index (χ0n) is 9.90. The second-order valence-corrected chi connectivity index (χ2v) is 3.80. The van der Waals surface area contributed by atoms with Crippen molar-refractivity contribution < 1.29 is 14.8 Å². The molecule has 2 aromatic rings. The van der Waals surface area contributed by atoms with Gasteiger partial charge in [-0.2, -0.15) is 0 Å². The number of nitrogens with zero attached hydrogens (tertiary/aromatic N) is 3. The van der Waals surface area contributed by atoms with Crippen LogP contribution >= 0.6 is 0 Å². The third-order valence-electron chi connectivity index (χ3n) is 2.52. The predicted molar refractivity (Wildman–Crippen MR) is 65.8 cm³/mol. The second-order valence-electron chi connectivity index (χ2n) is 3.80. The summed E-state index contributed by atoms with van der Waals surface area (Å²) >= 11 is 0. The summed E-state index contributed by atoms with van der Waals surface area (Å²) in [5.74, 6) is -1.17. The highest BCUT2D eigenvalue weighted by Crippen LogP contribution is 2.26. The number of aryl methyl sites for hydroxylation is 1. The highest BCUT2D eigenvalue weighted by Gasteiger charge is 2.19. The Morgan fingerprint density at radius 1 is 1.37 bits per heavy atom. The number of para-hydroxylation sites is 1. The van der Waals surface area contributed by atoms with Gasteiger partial charge in [0, 0.05) is 17.8 Å². The summed E-state index contributed by atoms with van der Waals surface area (Å²) in [5, 5.41) is 19.9. The molecular formula is C12H9N3O4. The van der Waals surface area contributed by atoms with Crippen molar-refractivity contribution in [3.05, 3.63) is 51.8 Å². The molecular weight excluding hydrogens is 250 g/mol. The smallest absolute Gasteiger partial charge is 0.354 e. The first-order chi connectivity index (χ1) is 9.00. The molecule has 2 rings (SSSR count). The Morgan fingerprint density at radius 3 is 2.68 bits per heavy atom. The van der Waals surface area contributed by atoms with Crippen molar-refractivity contribution in [2.24, 2.45) is 0 Å². The first kappa shape index (κ1) is 12.6. The Labute approximate surface area is 107 Å². The first-order valence-electron chi connectivity index (χ1n) is 5.31. The molecule has 1 aromatic carbocycles. The van der Waals surface area contributed by atoms with E-state index < -0.39 is 10.9 Å². The van der Waals surface area contributed by atoms with Gasteiger partial charge in [-0.05, 0) is 13.0 Å². The van der Waals surface area contributed by atoms with E-state index in [0.717, 1.165) is 0 Å². The van der Waals surface area contributed by atoms with Crippen LogP contribution in [0.1, 0.15) is 16.1 Å². The van der Waals surface area contributed by atoms with Crippen LogP contribution in [-0.4, -0.2) is 26.0 Å². The summed E-state index contributed by atoms with van der Waals surface area (Å²) in [6.07, 6.45) is 1.34. The summed E-state index contributed by atoms with van der Waals surface area (Å²) in [7, 11) is 0. The Balaban J connectivity index is 2.63. The minimum Gasteiger partial charge on any atom is -0.477 e. The molecule has 0 amide bonds. The monoisotopic (exact) mass is 259 g/mol. The van der Waals surface area contributed by atoms with E-state index in [2.05, 4.69) is 9.97 Å². The molecule has 0 aliphatic rings. The van der Waals surface area contributed by atoms with Crippen molar-refractivity contribution in [1.82, 2.24) is 9.97 Å². The SMILES string of the molecule is Cc1cnc(-c2ccccc2[N+](=O)[O-])nc1C(=O)O. The summed E-state index contributed by atoms with van der Waals surface area (Å²) < 4.78 is 0. The highest BCUT2D eigenvalue weighted by atomic mass is 16.6. The fourth-order valence-corrected chi connectivity index (χ4v) is 1.61. The molecule has 0 unspecified atom stereocenters. The van der Waals surface area contributed by atoms with Gasteiger partial charge in [0.25, 0.3) is 5.69 Å². The van der Waals surface area contributed by atoms with E-state index in [1.807, 2.05) is 0 Å². The summed E-state index contributed by atoms with van der Waals surface area (Å²) in [4.78, 5) is 29.2. The van der Waals surface area contributed by atoms with Crippen molar-refractivity contribution >= 4 is 11.7 Å². The zero-order chi connectivity index (χ0) is 14.0. The fraction of sp³-hybridized carbons (Fsp3) is 0.0833. The van der Waals surface area contributed by atoms with E-state index in [4.69, 9.17) is 5.11 Å². The first-order valence-corrected chi connectivity index (χ1v) is 5.31. The number of carboxylic acid groups (broad SMARTS) is 1. The normalized spacial score (nSPS) is 10.2. The third-order valence-corrected chi connectivity index (χ3v) is 2.52. The van der Waals surface area contributed by atoms with Gasteiger partial charge in [0.2, 0.25) is 0 Å². The number of carbonyl (C=O) groups is 1. The number of nitro benzene ring substituents is 1. The van der Waals surface area contributed by atoms with Crippen LogP contribution in [0, 0.1) is 17.0 Å². The molecule has 0 aliphatic heterocycles. The van der Waals surface area contributed by atoms with Crippen LogP contribution in [0.2, 0.25) is 0 Å². The van der Waals surface area contributed by atoms with Crippen LogP contribution in [0.15, 0.2) is 30.5 Å². The van der Waals surface area contributed by atoms with Crippen molar-refractivity contribution in [3.63, 3.8) is 0 Å². The summed E-state index contributed by atoms with van der Waals surface area (Å²) in [6.45, 7) is 1.56. The molecule has 0 spiro atoms. The third kappa shape index (κ3) is 2.39. The van der Waals surface area contributed by atoms with Crippen molar-refractivity contribution in [2.45, 2.75) is 6.92 Å². The van der Waals surface area contributed by atoms with Gasteiger partial charge in [-0.15, -0.1) is 0 Å². The lowest BCUT2D eigenvalue weighted by molar-refractivity contribution is -0.384. The van der Waals surface area contributed by atoms with Gasteiger partial charge in [0.1, 0.15) is 0 Å². The molecule has 96 valence electrons. The number of rotatable bonds is 3. The Bertz CT molecular complexity index is 670. The number of aromatic nitrogens is 2. The molecule has 1 heterocycles. The van der Waals surface area contributed by atoms with Gasteiger partial charge in [0.05, 0.1) is 10.5 Å². The van der Waals surface area contributed by atoms with E-state index in [9.17, 15) is 14.9 Å². The fourth-order valence-electron chi connectivity index (χ4n) is 1.61. The van der Waals surface area contributed by atoms with E-state index in [0.29, 0.717) is 5.56 Å². The maximum absolute atomic E-state index is 11.0. The number of nitro groups is 1. The van der Waals surface area contributed by atoms with Gasteiger partial charge >= 0.3 is 5.97 Å². The van der Waals surface area contributed by atoms with Crippen molar-refractivity contribution in [3.8, 4) is 11.4 Å². The lowest BCUT2D eigenvalue weighted by Gasteiger charge is -2.04. The van der Waals surface area contributed by atoms with Crippen LogP contribution in [0.5, 0.6) is 0 Å². The van der Waals surface area contributed by atoms with Gasteiger partial charge in [-0.3, -0.25) is 10.1 Å². The van der Waals surface area contributed by atoms with Crippen LogP contribution < -0.4 is 0 Å². The standard InChI is InChI=1S/C12H9N3O4/c1-7-6-13-11(14-10(7)12(16)17)8-4-2-3-5-9(8)15(18)19/h2-6H,1H3,(H,16,17). The Morgan fingerprint density at radius 2 is 2.05 bits per heavy atom. The Kier molecular flexibility index (Phi) is 3.19. The molecule has 7 nitrogen and oxygen atoms in total. The molecule has 0 aliphatic carbocycles.